The molecule has 0 atom stereocenters. The molecular formula is C11H11ClF3NO2. The molecule has 0 heterocycles. The highest BCUT2D eigenvalue weighted by molar-refractivity contribution is 6.31. The molecule has 0 saturated carbocycles. The first kappa shape index (κ1) is 14.8. The van der Waals surface area contributed by atoms with E-state index in [0.29, 0.717) is 0 Å². The fourth-order valence-corrected chi connectivity index (χ4v) is 1.34. The van der Waals surface area contributed by atoms with Crippen LogP contribution in [-0.4, -0.2) is 16.6 Å². The van der Waals surface area contributed by atoms with Gasteiger partial charge in [0.15, 0.2) is 0 Å². The van der Waals surface area contributed by atoms with Crippen LogP contribution < -0.4 is 5.32 Å². The molecule has 1 amide bonds. The van der Waals surface area contributed by atoms with Gasteiger partial charge in [-0.05, 0) is 32.0 Å². The Bertz CT molecular complexity index is 466. The summed E-state index contributed by atoms with van der Waals surface area (Å²) >= 11 is 5.54. The van der Waals surface area contributed by atoms with Gasteiger partial charge in [-0.25, -0.2) is 0 Å². The zero-order chi connectivity index (χ0) is 14.1. The van der Waals surface area contributed by atoms with Crippen molar-refractivity contribution in [3.63, 3.8) is 0 Å². The normalized spacial score (nSPS) is 12.4. The van der Waals surface area contributed by atoms with E-state index in [2.05, 4.69) is 5.32 Å². The smallest absolute Gasteiger partial charge is 0.381 e. The van der Waals surface area contributed by atoms with Crippen LogP contribution in [-0.2, 0) is 11.0 Å². The maximum Gasteiger partial charge on any atom is 0.416 e. The third kappa shape index (κ3) is 3.89. The van der Waals surface area contributed by atoms with Crippen LogP contribution >= 0.6 is 11.6 Å². The number of anilines is 1. The van der Waals surface area contributed by atoms with Crippen LogP contribution in [0.1, 0.15) is 19.4 Å². The van der Waals surface area contributed by atoms with Crippen LogP contribution in [0.3, 0.4) is 0 Å². The van der Waals surface area contributed by atoms with E-state index in [0.717, 1.165) is 12.1 Å². The summed E-state index contributed by atoms with van der Waals surface area (Å²) in [6.07, 6.45) is -4.56. The number of hydrogen-bond acceptors (Lipinski definition) is 2. The molecule has 0 unspecified atom stereocenters. The van der Waals surface area contributed by atoms with Gasteiger partial charge in [0.25, 0.3) is 5.91 Å². The summed E-state index contributed by atoms with van der Waals surface area (Å²) in [5, 5.41) is 11.4. The number of hydrogen-bond donors (Lipinski definition) is 2. The molecule has 0 bridgehead atoms. The van der Waals surface area contributed by atoms with Crippen molar-refractivity contribution in [3.8, 4) is 0 Å². The summed E-state index contributed by atoms with van der Waals surface area (Å²) in [5.41, 5.74) is -2.79. The van der Waals surface area contributed by atoms with Crippen LogP contribution in [0.15, 0.2) is 18.2 Å². The molecular weight excluding hydrogens is 271 g/mol. The summed E-state index contributed by atoms with van der Waals surface area (Å²) in [7, 11) is 0. The third-order valence-corrected chi connectivity index (χ3v) is 2.26. The maximum absolute atomic E-state index is 12.5. The van der Waals surface area contributed by atoms with Gasteiger partial charge in [-0.1, -0.05) is 11.6 Å². The molecule has 0 aliphatic carbocycles. The van der Waals surface area contributed by atoms with E-state index in [1.807, 2.05) is 0 Å². The number of carbonyl (C=O) groups is 1. The summed E-state index contributed by atoms with van der Waals surface area (Å²) < 4.78 is 37.5. The molecule has 0 radical (unpaired) electrons. The molecule has 1 aromatic carbocycles. The Hall–Kier alpha value is -1.27. The van der Waals surface area contributed by atoms with E-state index in [4.69, 9.17) is 11.6 Å². The number of halogens is 4. The molecule has 0 aliphatic rings. The quantitative estimate of drug-likeness (QED) is 0.875. The lowest BCUT2D eigenvalue weighted by Crippen LogP contribution is -2.36. The highest BCUT2D eigenvalue weighted by Gasteiger charge is 2.32. The van der Waals surface area contributed by atoms with Crippen LogP contribution in [0.4, 0.5) is 18.9 Å². The highest BCUT2D eigenvalue weighted by atomic mass is 35.5. The minimum absolute atomic E-state index is 0.123. The van der Waals surface area contributed by atoms with Gasteiger partial charge in [-0.3, -0.25) is 4.79 Å². The maximum atomic E-state index is 12.5. The molecule has 2 N–H and O–H groups in total. The first-order chi connectivity index (χ1) is 8.00. The minimum atomic E-state index is -4.56. The van der Waals surface area contributed by atoms with Crippen LogP contribution in [0, 0.1) is 0 Å². The van der Waals surface area contributed by atoms with Crippen molar-refractivity contribution < 1.29 is 23.1 Å². The molecule has 1 rings (SSSR count). The van der Waals surface area contributed by atoms with Crippen molar-refractivity contribution in [1.29, 1.82) is 0 Å². The first-order valence-corrected chi connectivity index (χ1v) is 5.29. The second-order valence-electron chi connectivity index (χ2n) is 4.24. The Kier molecular flexibility index (Phi) is 3.92. The number of amides is 1. The summed E-state index contributed by atoms with van der Waals surface area (Å²) in [5.74, 6) is -0.821. The van der Waals surface area contributed by atoms with Crippen LogP contribution in [0.25, 0.3) is 0 Å². The van der Waals surface area contributed by atoms with Gasteiger partial charge < -0.3 is 10.4 Å². The topological polar surface area (TPSA) is 49.3 Å². The molecule has 0 aromatic heterocycles. The number of aliphatic hydroxyl groups is 1. The van der Waals surface area contributed by atoms with Crippen molar-refractivity contribution in [2.24, 2.45) is 0 Å². The van der Waals surface area contributed by atoms with Crippen molar-refractivity contribution in [1.82, 2.24) is 0 Å². The van der Waals surface area contributed by atoms with E-state index in [-0.39, 0.29) is 10.7 Å². The molecule has 18 heavy (non-hydrogen) atoms. The van der Waals surface area contributed by atoms with Gasteiger partial charge in [0, 0.05) is 10.7 Å². The standard InChI is InChI=1S/C11H11ClF3NO2/c1-10(2,18)9(17)16-8-4-6(11(13,14)15)3-7(12)5-8/h3-5,18H,1-2H3,(H,16,17). The molecule has 1 aromatic rings. The molecule has 0 spiro atoms. The van der Waals surface area contributed by atoms with Crippen molar-refractivity contribution in [3.05, 3.63) is 28.8 Å². The number of benzene rings is 1. The van der Waals surface area contributed by atoms with Crippen molar-refractivity contribution >= 4 is 23.2 Å². The lowest BCUT2D eigenvalue weighted by atomic mass is 10.1. The number of alkyl halides is 3. The molecule has 0 fully saturated rings. The van der Waals surface area contributed by atoms with Crippen molar-refractivity contribution in [2.45, 2.75) is 25.6 Å². The second kappa shape index (κ2) is 4.78. The lowest BCUT2D eigenvalue weighted by molar-refractivity contribution is -0.137. The van der Waals surface area contributed by atoms with E-state index in [1.54, 1.807) is 0 Å². The Morgan fingerprint density at radius 2 is 1.83 bits per heavy atom. The Balaban J connectivity index is 3.05. The van der Waals surface area contributed by atoms with Gasteiger partial charge in [-0.15, -0.1) is 0 Å². The largest absolute Gasteiger partial charge is 0.416 e. The predicted octanol–water partition coefficient (Wildman–Crippen LogP) is 3.07. The Morgan fingerprint density at radius 1 is 1.28 bits per heavy atom. The average Bonchev–Trinajstić information content (AvgIpc) is 2.13. The van der Waals surface area contributed by atoms with Gasteiger partial charge >= 0.3 is 6.18 Å². The van der Waals surface area contributed by atoms with Gasteiger partial charge in [0.05, 0.1) is 5.56 Å². The zero-order valence-electron chi connectivity index (χ0n) is 9.60. The molecule has 0 saturated heterocycles. The fourth-order valence-electron chi connectivity index (χ4n) is 1.11. The molecule has 3 nitrogen and oxygen atoms in total. The zero-order valence-corrected chi connectivity index (χ0v) is 10.4. The van der Waals surface area contributed by atoms with Crippen LogP contribution in [0.2, 0.25) is 5.02 Å². The SMILES string of the molecule is CC(C)(O)C(=O)Nc1cc(Cl)cc(C(F)(F)F)c1. The van der Waals surface area contributed by atoms with Gasteiger partial charge in [-0.2, -0.15) is 13.2 Å². The first-order valence-electron chi connectivity index (χ1n) is 4.92. The predicted molar refractivity (Wildman–Crippen MR) is 61.4 cm³/mol. The average molecular weight is 282 g/mol. The minimum Gasteiger partial charge on any atom is -0.381 e. The number of nitrogens with one attached hydrogen (secondary N) is 1. The molecule has 7 heteroatoms. The second-order valence-corrected chi connectivity index (χ2v) is 4.68. The summed E-state index contributed by atoms with van der Waals surface area (Å²) in [6, 6.07) is 2.66. The monoisotopic (exact) mass is 281 g/mol. The van der Waals surface area contributed by atoms with Crippen LogP contribution in [0.5, 0.6) is 0 Å². The van der Waals surface area contributed by atoms with Gasteiger partial charge in [0.1, 0.15) is 5.60 Å². The highest BCUT2D eigenvalue weighted by Crippen LogP contribution is 2.33. The fraction of sp³-hybridized carbons (Fsp3) is 0.364. The van der Waals surface area contributed by atoms with E-state index in [1.165, 1.54) is 19.9 Å². The van der Waals surface area contributed by atoms with Gasteiger partial charge in [0.2, 0.25) is 0 Å². The van der Waals surface area contributed by atoms with E-state index < -0.39 is 23.2 Å². The number of rotatable bonds is 2. The lowest BCUT2D eigenvalue weighted by Gasteiger charge is -2.17. The molecule has 100 valence electrons. The van der Waals surface area contributed by atoms with Crippen molar-refractivity contribution in [2.75, 3.05) is 5.32 Å². The Morgan fingerprint density at radius 3 is 2.28 bits per heavy atom. The Labute approximate surface area is 107 Å². The van der Waals surface area contributed by atoms with E-state index >= 15 is 0 Å². The molecule has 0 aliphatic heterocycles. The van der Waals surface area contributed by atoms with E-state index in [9.17, 15) is 23.1 Å². The summed E-state index contributed by atoms with van der Waals surface area (Å²) in [6.45, 7) is 2.44. The third-order valence-electron chi connectivity index (χ3n) is 2.04. The summed E-state index contributed by atoms with van der Waals surface area (Å²) in [4.78, 5) is 11.4. The number of carbonyl (C=O) groups excluding carboxylic acids is 1.